The van der Waals surface area contributed by atoms with Crippen LogP contribution in [0.25, 0.3) is 11.0 Å². The van der Waals surface area contributed by atoms with Crippen LogP contribution in [0.2, 0.25) is 5.02 Å². The molecule has 46 heavy (non-hydrogen) atoms. The maximum Gasteiger partial charge on any atom is 0.282 e. The Hall–Kier alpha value is -1.99. The molecule has 1 aliphatic carbocycles. The molecule has 3 aromatic rings. The van der Waals surface area contributed by atoms with E-state index in [4.69, 9.17) is 16.0 Å². The molecule has 0 spiro atoms. The van der Waals surface area contributed by atoms with Crippen molar-refractivity contribution in [3.8, 4) is 0 Å². The van der Waals surface area contributed by atoms with Gasteiger partial charge in [0.05, 0.1) is 11.2 Å². The lowest BCUT2D eigenvalue weighted by Gasteiger charge is -2.36. The summed E-state index contributed by atoms with van der Waals surface area (Å²) in [7, 11) is -7.61. The van der Waals surface area contributed by atoms with Crippen molar-refractivity contribution in [2.75, 3.05) is 52.4 Å². The van der Waals surface area contributed by atoms with Gasteiger partial charge in [0.15, 0.2) is 0 Å². The molecule has 0 N–H and O–H groups in total. The molecule has 2 aliphatic heterocycles. The number of sulfonamides is 1. The molecule has 9 nitrogen and oxygen atoms in total. The summed E-state index contributed by atoms with van der Waals surface area (Å²) in [6.45, 7) is 6.51. The normalized spacial score (nSPS) is 23.1. The van der Waals surface area contributed by atoms with Gasteiger partial charge in [-0.3, -0.25) is 0 Å². The van der Waals surface area contributed by atoms with Gasteiger partial charge >= 0.3 is 0 Å². The predicted molar refractivity (Wildman–Crippen MR) is 182 cm³/mol. The molecule has 12 heteroatoms. The van der Waals surface area contributed by atoms with Crippen molar-refractivity contribution in [1.29, 1.82) is 0 Å². The largest absolute Gasteiger partial charge is 0.464 e. The number of rotatable bonds is 6. The highest BCUT2D eigenvalue weighted by molar-refractivity contribution is 7.89. The molecule has 1 saturated carbocycles. The fraction of sp³-hybridized carbons (Fsp3) is 0.588. The topological polar surface area (TPSA) is 94.4 Å². The van der Waals surface area contributed by atoms with Gasteiger partial charge in [-0.1, -0.05) is 43.9 Å². The van der Waals surface area contributed by atoms with Crippen LogP contribution < -0.4 is 0 Å². The van der Waals surface area contributed by atoms with E-state index in [1.165, 1.54) is 32.1 Å². The molecule has 2 fully saturated rings. The maximum atomic E-state index is 14.2. The first-order valence-corrected chi connectivity index (χ1v) is 20.0. The van der Waals surface area contributed by atoms with Crippen LogP contribution in [0.3, 0.4) is 0 Å². The SMILES string of the molecule is C[C@H]1CN(S(=O)(=O)c2ccc3occc3c2)CCCN(CC2CCCCC2)CCCN(S(=O)(=O)N2CCc3cc(Cl)ccc3C2)C1. The Morgan fingerprint density at radius 1 is 0.783 bits per heavy atom. The van der Waals surface area contributed by atoms with Gasteiger partial charge in [-0.15, -0.1) is 0 Å². The van der Waals surface area contributed by atoms with Crippen LogP contribution >= 0.6 is 11.6 Å². The van der Waals surface area contributed by atoms with Gasteiger partial charge in [0, 0.05) is 56.2 Å². The van der Waals surface area contributed by atoms with E-state index in [9.17, 15) is 16.8 Å². The standard InChI is InChI=1S/C34H47ClN4O5S2/c1-27-23-37(45(40,41)33-11-12-34-30(22-33)14-20-44-34)17-5-15-36(25-28-7-3-2-4-8-28)16-6-18-38(24-27)46(42,43)39-19-13-29-21-32(35)10-9-31(29)26-39/h9-12,14,20-22,27-28H,2-8,13,15-19,23-26H2,1H3/t27-/m0/s1. The van der Waals surface area contributed by atoms with Gasteiger partial charge in [0.25, 0.3) is 10.2 Å². The average molecular weight is 691 g/mol. The highest BCUT2D eigenvalue weighted by Crippen LogP contribution is 2.29. The molecule has 0 amide bonds. The Balaban J connectivity index is 1.25. The molecular weight excluding hydrogens is 644 g/mol. The van der Waals surface area contributed by atoms with E-state index in [-0.39, 0.29) is 23.9 Å². The Morgan fingerprint density at radius 3 is 2.30 bits per heavy atom. The van der Waals surface area contributed by atoms with Gasteiger partial charge in [-0.25, -0.2) is 8.42 Å². The second-order valence-corrected chi connectivity index (χ2v) is 17.8. The molecule has 1 saturated heterocycles. The van der Waals surface area contributed by atoms with E-state index in [1.54, 1.807) is 43.4 Å². The van der Waals surface area contributed by atoms with Crippen LogP contribution in [-0.4, -0.2) is 87.0 Å². The fourth-order valence-corrected chi connectivity index (χ4v) is 11.0. The van der Waals surface area contributed by atoms with Crippen LogP contribution in [0, 0.1) is 11.8 Å². The lowest BCUT2D eigenvalue weighted by Crippen LogP contribution is -2.49. The summed E-state index contributed by atoms with van der Waals surface area (Å²) >= 11 is 6.21. The number of benzene rings is 2. The van der Waals surface area contributed by atoms with E-state index in [0.29, 0.717) is 49.1 Å². The first-order chi connectivity index (χ1) is 22.1. The van der Waals surface area contributed by atoms with Crippen molar-refractivity contribution in [2.24, 2.45) is 11.8 Å². The van der Waals surface area contributed by atoms with Crippen LogP contribution in [0.4, 0.5) is 0 Å². The van der Waals surface area contributed by atoms with E-state index in [2.05, 4.69) is 4.90 Å². The summed E-state index contributed by atoms with van der Waals surface area (Å²) in [4.78, 5) is 2.69. The van der Waals surface area contributed by atoms with Gasteiger partial charge < -0.3 is 9.32 Å². The zero-order valence-corrected chi connectivity index (χ0v) is 29.2. The zero-order chi connectivity index (χ0) is 32.3. The Labute approximate surface area is 279 Å². The third-order valence-electron chi connectivity index (χ3n) is 9.90. The molecule has 0 radical (unpaired) electrons. The van der Waals surface area contributed by atoms with E-state index in [0.717, 1.165) is 49.0 Å². The fourth-order valence-electron chi connectivity index (χ4n) is 7.44. The first-order valence-electron chi connectivity index (χ1n) is 16.8. The Morgan fingerprint density at radius 2 is 1.52 bits per heavy atom. The van der Waals surface area contributed by atoms with E-state index < -0.39 is 20.2 Å². The van der Waals surface area contributed by atoms with Crippen LogP contribution in [0.5, 0.6) is 0 Å². The van der Waals surface area contributed by atoms with Gasteiger partial charge in [0.1, 0.15) is 5.58 Å². The minimum absolute atomic E-state index is 0.212. The van der Waals surface area contributed by atoms with Gasteiger partial charge in [0.2, 0.25) is 10.0 Å². The van der Waals surface area contributed by atoms with Crippen LogP contribution in [0.15, 0.2) is 58.0 Å². The van der Waals surface area contributed by atoms with Crippen molar-refractivity contribution in [3.05, 3.63) is 64.9 Å². The highest BCUT2D eigenvalue weighted by atomic mass is 35.5. The minimum atomic E-state index is -3.82. The number of halogens is 1. The van der Waals surface area contributed by atoms with E-state index in [1.807, 2.05) is 25.1 Å². The summed E-state index contributed by atoms with van der Waals surface area (Å²) in [6, 6.07) is 12.4. The number of hydrogen-bond donors (Lipinski definition) is 0. The van der Waals surface area contributed by atoms with E-state index >= 15 is 0 Å². The molecule has 1 aromatic heterocycles. The summed E-state index contributed by atoms with van der Waals surface area (Å²) < 4.78 is 66.9. The maximum absolute atomic E-state index is 14.2. The molecule has 0 bridgehead atoms. The predicted octanol–water partition coefficient (Wildman–Crippen LogP) is 5.99. The van der Waals surface area contributed by atoms with Crippen LogP contribution in [0.1, 0.15) is 63.0 Å². The highest BCUT2D eigenvalue weighted by Gasteiger charge is 2.35. The Bertz CT molecular complexity index is 1710. The second kappa shape index (κ2) is 14.6. The second-order valence-electron chi connectivity index (χ2n) is 13.5. The Kier molecular flexibility index (Phi) is 10.8. The number of fused-ring (bicyclic) bond motifs is 2. The molecule has 1 atom stereocenters. The summed E-state index contributed by atoms with van der Waals surface area (Å²) in [5.41, 5.74) is 2.71. The summed E-state index contributed by atoms with van der Waals surface area (Å²) in [6.07, 6.45) is 9.93. The van der Waals surface area contributed by atoms with Gasteiger partial charge in [-0.05, 0) is 105 Å². The first kappa shape index (κ1) is 33.9. The minimum Gasteiger partial charge on any atom is -0.464 e. The molecule has 252 valence electrons. The van der Waals surface area contributed by atoms with Crippen molar-refractivity contribution in [2.45, 2.75) is 69.7 Å². The molecular formula is C34H47ClN4O5S2. The number of hydrogen-bond acceptors (Lipinski definition) is 6. The molecule has 3 aliphatic rings. The summed E-state index contributed by atoms with van der Waals surface area (Å²) in [5, 5.41) is 1.40. The third kappa shape index (κ3) is 7.83. The lowest BCUT2D eigenvalue weighted by atomic mass is 9.89. The number of furan rings is 1. The lowest BCUT2D eigenvalue weighted by molar-refractivity contribution is 0.179. The third-order valence-corrected chi connectivity index (χ3v) is 13.9. The smallest absolute Gasteiger partial charge is 0.282 e. The van der Waals surface area contributed by atoms with Crippen molar-refractivity contribution < 1.29 is 21.3 Å². The van der Waals surface area contributed by atoms with Crippen LogP contribution in [-0.2, 0) is 33.2 Å². The van der Waals surface area contributed by atoms with Crippen molar-refractivity contribution >= 4 is 42.8 Å². The van der Waals surface area contributed by atoms with Crippen molar-refractivity contribution in [3.63, 3.8) is 0 Å². The zero-order valence-electron chi connectivity index (χ0n) is 26.8. The quantitative estimate of drug-likeness (QED) is 0.315. The van der Waals surface area contributed by atoms with Gasteiger partial charge in [-0.2, -0.15) is 21.3 Å². The molecule has 3 heterocycles. The summed E-state index contributed by atoms with van der Waals surface area (Å²) in [5.74, 6) is 0.431. The molecule has 2 aromatic carbocycles. The molecule has 6 rings (SSSR count). The van der Waals surface area contributed by atoms with Crippen molar-refractivity contribution in [1.82, 2.24) is 17.8 Å². The monoisotopic (exact) mass is 690 g/mol. The average Bonchev–Trinajstić information content (AvgIpc) is 3.51. The number of nitrogens with zero attached hydrogens (tertiary/aromatic N) is 4. The molecule has 0 unspecified atom stereocenters.